The number of imidazole rings is 1. The largest absolute Gasteiger partial charge is 0.383 e. The van der Waals surface area contributed by atoms with Crippen molar-refractivity contribution >= 4 is 22.1 Å². The van der Waals surface area contributed by atoms with Crippen LogP contribution in [0.15, 0.2) is 12.3 Å². The highest BCUT2D eigenvalue weighted by Gasteiger charge is 2.14. The first kappa shape index (κ1) is 10.3. The van der Waals surface area contributed by atoms with E-state index >= 15 is 0 Å². The lowest BCUT2D eigenvalue weighted by Gasteiger charge is -1.99. The lowest BCUT2D eigenvalue weighted by Crippen LogP contribution is -1.97. The van der Waals surface area contributed by atoms with Gasteiger partial charge in [-0.15, -0.1) is 11.3 Å². The zero-order chi connectivity index (χ0) is 12.0. The molecule has 0 aromatic carbocycles. The number of rotatable bonds is 2. The molecule has 0 amide bonds. The molecule has 0 aliphatic rings. The number of nitrogens with two attached hydrogens (primary N) is 1. The van der Waals surface area contributed by atoms with Crippen LogP contribution in [0.1, 0.15) is 22.0 Å². The molecular formula is C11H13N5S. The monoisotopic (exact) mass is 247 g/mol. The number of H-pyrrole nitrogens is 1. The van der Waals surface area contributed by atoms with E-state index in [1.54, 1.807) is 17.5 Å². The zero-order valence-corrected chi connectivity index (χ0v) is 10.5. The van der Waals surface area contributed by atoms with Gasteiger partial charge in [-0.05, 0) is 19.9 Å². The van der Waals surface area contributed by atoms with Crippen LogP contribution in [0, 0.1) is 13.8 Å². The van der Waals surface area contributed by atoms with Gasteiger partial charge in [-0.1, -0.05) is 0 Å². The summed E-state index contributed by atoms with van der Waals surface area (Å²) in [6.07, 6.45) is 2.61. The zero-order valence-electron chi connectivity index (χ0n) is 9.69. The van der Waals surface area contributed by atoms with Crippen molar-refractivity contribution in [1.29, 1.82) is 0 Å². The Labute approximate surface area is 102 Å². The standard InChI is InChI=1S/C11H13N5S/c1-6-10(12)16-7(2)9(17-11(16)14-6)5-8-3-4-13-15-8/h3-4H,5,12H2,1-2H3,(H,13,15). The third kappa shape index (κ3) is 1.52. The molecular weight excluding hydrogens is 234 g/mol. The Hall–Kier alpha value is -1.82. The number of nitrogens with one attached hydrogen (secondary N) is 1. The Morgan fingerprint density at radius 3 is 2.94 bits per heavy atom. The van der Waals surface area contributed by atoms with Crippen molar-refractivity contribution in [3.05, 3.63) is 34.2 Å². The van der Waals surface area contributed by atoms with Crippen molar-refractivity contribution in [2.24, 2.45) is 0 Å². The van der Waals surface area contributed by atoms with Gasteiger partial charge in [-0.25, -0.2) is 4.98 Å². The highest BCUT2D eigenvalue weighted by molar-refractivity contribution is 7.17. The molecule has 0 bridgehead atoms. The van der Waals surface area contributed by atoms with Crippen molar-refractivity contribution in [3.63, 3.8) is 0 Å². The Balaban J connectivity index is 2.09. The Morgan fingerprint density at radius 1 is 1.47 bits per heavy atom. The molecule has 0 radical (unpaired) electrons. The van der Waals surface area contributed by atoms with E-state index in [1.165, 1.54) is 4.88 Å². The number of fused-ring (bicyclic) bond motifs is 1. The van der Waals surface area contributed by atoms with Gasteiger partial charge in [-0.3, -0.25) is 9.50 Å². The van der Waals surface area contributed by atoms with E-state index in [2.05, 4.69) is 22.1 Å². The minimum Gasteiger partial charge on any atom is -0.383 e. The molecule has 3 N–H and O–H groups in total. The molecule has 0 fully saturated rings. The van der Waals surface area contributed by atoms with Crippen LogP contribution < -0.4 is 5.73 Å². The summed E-state index contributed by atoms with van der Waals surface area (Å²) in [4.78, 5) is 6.69. The lowest BCUT2D eigenvalue weighted by molar-refractivity contribution is 0.989. The van der Waals surface area contributed by atoms with Crippen molar-refractivity contribution in [2.45, 2.75) is 20.3 Å². The summed E-state index contributed by atoms with van der Waals surface area (Å²) in [5.41, 5.74) is 9.18. The average Bonchev–Trinajstić information content (AvgIpc) is 2.94. The van der Waals surface area contributed by atoms with Gasteiger partial charge >= 0.3 is 0 Å². The van der Waals surface area contributed by atoms with Gasteiger partial charge in [0.25, 0.3) is 0 Å². The summed E-state index contributed by atoms with van der Waals surface area (Å²) in [6, 6.07) is 1.98. The van der Waals surface area contributed by atoms with Crippen LogP contribution in [0.5, 0.6) is 0 Å². The van der Waals surface area contributed by atoms with E-state index in [4.69, 9.17) is 5.73 Å². The Morgan fingerprint density at radius 2 is 2.29 bits per heavy atom. The fraction of sp³-hybridized carbons (Fsp3) is 0.273. The van der Waals surface area contributed by atoms with Gasteiger partial charge in [0, 0.05) is 28.9 Å². The van der Waals surface area contributed by atoms with Crippen LogP contribution in [0.2, 0.25) is 0 Å². The van der Waals surface area contributed by atoms with Gasteiger partial charge in [-0.2, -0.15) is 5.10 Å². The maximum atomic E-state index is 6.01. The second-order valence-electron chi connectivity index (χ2n) is 4.07. The van der Waals surface area contributed by atoms with Crippen molar-refractivity contribution in [2.75, 3.05) is 5.73 Å². The molecule has 3 rings (SSSR count). The fourth-order valence-electron chi connectivity index (χ4n) is 1.94. The maximum Gasteiger partial charge on any atom is 0.196 e. The minimum atomic E-state index is 0.740. The fourth-order valence-corrected chi connectivity index (χ4v) is 3.13. The van der Waals surface area contributed by atoms with Crippen molar-refractivity contribution in [1.82, 2.24) is 19.6 Å². The lowest BCUT2D eigenvalue weighted by atomic mass is 10.2. The van der Waals surface area contributed by atoms with E-state index < -0.39 is 0 Å². The summed E-state index contributed by atoms with van der Waals surface area (Å²) in [6.45, 7) is 4.01. The number of nitrogen functional groups attached to an aromatic ring is 1. The smallest absolute Gasteiger partial charge is 0.196 e. The molecule has 0 saturated carbocycles. The number of aromatic amines is 1. The molecule has 0 atom stereocenters. The second-order valence-corrected chi connectivity index (χ2v) is 5.13. The summed E-state index contributed by atoms with van der Waals surface area (Å²) >= 11 is 1.68. The molecule has 3 aromatic heterocycles. The molecule has 88 valence electrons. The van der Waals surface area contributed by atoms with E-state index in [0.29, 0.717) is 0 Å². The predicted molar refractivity (Wildman–Crippen MR) is 68.3 cm³/mol. The number of nitrogens with zero attached hydrogens (tertiary/aromatic N) is 3. The van der Waals surface area contributed by atoms with E-state index in [-0.39, 0.29) is 0 Å². The highest BCUT2D eigenvalue weighted by Crippen LogP contribution is 2.28. The summed E-state index contributed by atoms with van der Waals surface area (Å²) in [5.74, 6) is 0.740. The molecule has 17 heavy (non-hydrogen) atoms. The van der Waals surface area contributed by atoms with Gasteiger partial charge in [0.05, 0.1) is 5.69 Å². The molecule has 0 saturated heterocycles. The normalized spacial score (nSPS) is 11.4. The molecule has 5 nitrogen and oxygen atoms in total. The summed E-state index contributed by atoms with van der Waals surface area (Å²) in [7, 11) is 0. The maximum absolute atomic E-state index is 6.01. The van der Waals surface area contributed by atoms with Gasteiger partial charge in [0.2, 0.25) is 0 Å². The topological polar surface area (TPSA) is 72.0 Å². The number of anilines is 1. The molecule has 3 heterocycles. The predicted octanol–water partition coefficient (Wildman–Crippen LogP) is 1.91. The second kappa shape index (κ2) is 3.59. The number of hydrogen-bond donors (Lipinski definition) is 2. The van der Waals surface area contributed by atoms with Crippen molar-refractivity contribution in [3.8, 4) is 0 Å². The molecule has 0 aliphatic heterocycles. The van der Waals surface area contributed by atoms with Crippen LogP contribution in [0.25, 0.3) is 4.96 Å². The van der Waals surface area contributed by atoms with Gasteiger partial charge in [0.1, 0.15) is 5.82 Å². The first-order valence-electron chi connectivity index (χ1n) is 5.38. The van der Waals surface area contributed by atoms with Gasteiger partial charge in [0.15, 0.2) is 4.96 Å². The first-order valence-corrected chi connectivity index (χ1v) is 6.19. The average molecular weight is 247 g/mol. The third-order valence-electron chi connectivity index (χ3n) is 2.93. The number of thiazole rings is 1. The first-order chi connectivity index (χ1) is 8.16. The van der Waals surface area contributed by atoms with Crippen LogP contribution in [-0.4, -0.2) is 19.6 Å². The third-order valence-corrected chi connectivity index (χ3v) is 4.07. The number of aryl methyl sites for hydroxylation is 2. The van der Waals surface area contributed by atoms with Gasteiger partial charge < -0.3 is 5.73 Å². The number of hydrogen-bond acceptors (Lipinski definition) is 4. The van der Waals surface area contributed by atoms with Crippen LogP contribution in [0.4, 0.5) is 5.82 Å². The highest BCUT2D eigenvalue weighted by atomic mass is 32.1. The minimum absolute atomic E-state index is 0.740. The van der Waals surface area contributed by atoms with Crippen LogP contribution in [-0.2, 0) is 6.42 Å². The summed E-state index contributed by atoms with van der Waals surface area (Å²) in [5, 5.41) is 6.92. The molecule has 3 aromatic rings. The SMILES string of the molecule is Cc1nc2sc(Cc3ccn[nH]3)c(C)n2c1N. The quantitative estimate of drug-likeness (QED) is 0.726. The van der Waals surface area contributed by atoms with E-state index in [1.807, 2.05) is 17.4 Å². The molecule has 0 spiro atoms. The van der Waals surface area contributed by atoms with E-state index in [9.17, 15) is 0 Å². The molecule has 0 aliphatic carbocycles. The van der Waals surface area contributed by atoms with Crippen LogP contribution in [0.3, 0.4) is 0 Å². The van der Waals surface area contributed by atoms with E-state index in [0.717, 1.165) is 34.3 Å². The summed E-state index contributed by atoms with van der Waals surface area (Å²) < 4.78 is 2.02. The number of aromatic nitrogens is 4. The van der Waals surface area contributed by atoms with Crippen molar-refractivity contribution < 1.29 is 0 Å². The van der Waals surface area contributed by atoms with Crippen LogP contribution >= 0.6 is 11.3 Å². The molecule has 0 unspecified atom stereocenters. The Bertz CT molecular complexity index is 662. The Kier molecular flexibility index (Phi) is 2.19. The molecule has 6 heteroatoms.